The number of carbonyl (C=O) groups excluding carboxylic acids is 2. The van der Waals surface area contributed by atoms with Crippen molar-refractivity contribution >= 4 is 35.4 Å². The fourth-order valence-corrected chi connectivity index (χ4v) is 3.09. The Hall–Kier alpha value is -4.44. The Labute approximate surface area is 173 Å². The highest BCUT2D eigenvalue weighted by Crippen LogP contribution is 2.26. The maximum atomic E-state index is 12.5. The number of hydrogen-bond acceptors (Lipinski definition) is 5. The average molecular weight is 395 g/mol. The van der Waals surface area contributed by atoms with Gasteiger partial charge in [-0.05, 0) is 41.5 Å². The van der Waals surface area contributed by atoms with Gasteiger partial charge >= 0.3 is 0 Å². The van der Waals surface area contributed by atoms with Gasteiger partial charge in [0.2, 0.25) is 0 Å². The molecule has 0 fully saturated rings. The van der Waals surface area contributed by atoms with E-state index in [-0.39, 0.29) is 0 Å². The Morgan fingerprint density at radius 3 is 2.67 bits per heavy atom. The van der Waals surface area contributed by atoms with Crippen molar-refractivity contribution in [2.75, 3.05) is 5.32 Å². The van der Waals surface area contributed by atoms with Crippen molar-refractivity contribution < 1.29 is 9.59 Å². The first-order valence-electron chi connectivity index (χ1n) is 9.22. The van der Waals surface area contributed by atoms with Crippen LogP contribution < -0.4 is 10.6 Å². The lowest BCUT2D eigenvalue weighted by atomic mass is 9.93. The fraction of sp³-hybridized carbons (Fsp3) is 0.0435. The van der Waals surface area contributed by atoms with Gasteiger partial charge in [0.1, 0.15) is 0 Å². The molecule has 0 radical (unpaired) electrons. The molecule has 2 aromatic carbocycles. The zero-order valence-electron chi connectivity index (χ0n) is 15.9. The summed E-state index contributed by atoms with van der Waals surface area (Å²) in [5, 5.41) is 14.2. The van der Waals surface area contributed by atoms with Crippen LogP contribution in [0.3, 0.4) is 0 Å². The van der Waals surface area contributed by atoms with E-state index in [0.29, 0.717) is 23.1 Å². The lowest BCUT2D eigenvalue weighted by molar-refractivity contribution is -0.114. The van der Waals surface area contributed by atoms with Crippen molar-refractivity contribution in [2.45, 2.75) is 6.42 Å². The molecule has 1 aromatic heterocycles. The van der Waals surface area contributed by atoms with Crippen molar-refractivity contribution in [1.82, 2.24) is 14.9 Å². The summed E-state index contributed by atoms with van der Waals surface area (Å²) in [6, 6.07) is 14.8. The van der Waals surface area contributed by atoms with Gasteiger partial charge in [-0.25, -0.2) is 4.98 Å². The molecule has 7 heteroatoms. The number of amides is 2. The molecule has 0 bridgehead atoms. The first-order valence-corrected chi connectivity index (χ1v) is 9.22. The maximum absolute atomic E-state index is 12.5. The smallest absolute Gasteiger partial charge is 0.260 e. The number of imide groups is 1. The molecular formula is C23H17N5O2. The van der Waals surface area contributed by atoms with E-state index in [1.807, 2.05) is 54.9 Å². The number of nitriles is 1. The van der Waals surface area contributed by atoms with Crippen LogP contribution >= 0.6 is 0 Å². The summed E-state index contributed by atoms with van der Waals surface area (Å²) in [4.78, 5) is 28.7. The van der Waals surface area contributed by atoms with E-state index in [4.69, 9.17) is 5.26 Å². The Balaban J connectivity index is 1.63. The molecule has 2 N–H and O–H groups in total. The van der Waals surface area contributed by atoms with Crippen LogP contribution in [0.1, 0.15) is 27.0 Å². The predicted octanol–water partition coefficient (Wildman–Crippen LogP) is 3.30. The second kappa shape index (κ2) is 8.29. The first kappa shape index (κ1) is 18.9. The highest BCUT2D eigenvalue weighted by atomic mass is 16.2. The molecule has 0 atom stereocenters. The molecule has 2 heterocycles. The molecule has 146 valence electrons. The van der Waals surface area contributed by atoms with E-state index in [2.05, 4.69) is 21.7 Å². The van der Waals surface area contributed by atoms with Gasteiger partial charge in [-0.1, -0.05) is 18.2 Å². The minimum atomic E-state index is -0.461. The normalized spacial score (nSPS) is 14.4. The zero-order valence-corrected chi connectivity index (χ0v) is 15.9. The second-order valence-electron chi connectivity index (χ2n) is 6.65. The Morgan fingerprint density at radius 2 is 1.93 bits per heavy atom. The zero-order chi connectivity index (χ0) is 20.9. The molecule has 7 nitrogen and oxygen atoms in total. The molecule has 0 saturated heterocycles. The Bertz CT molecular complexity index is 1200. The van der Waals surface area contributed by atoms with Gasteiger partial charge in [0.15, 0.2) is 0 Å². The van der Waals surface area contributed by atoms with Gasteiger partial charge in [0.25, 0.3) is 11.8 Å². The fourth-order valence-electron chi connectivity index (χ4n) is 3.09. The van der Waals surface area contributed by atoms with Crippen LogP contribution in [0, 0.1) is 11.3 Å². The Kier molecular flexibility index (Phi) is 5.22. The number of imidazole rings is 1. The number of aromatic nitrogens is 2. The van der Waals surface area contributed by atoms with Crippen LogP contribution in [0.25, 0.3) is 17.8 Å². The largest absolute Gasteiger partial charge is 0.361 e. The summed E-state index contributed by atoms with van der Waals surface area (Å²) in [5.74, 6) is -0.880. The topological polar surface area (TPSA) is 99.8 Å². The van der Waals surface area contributed by atoms with E-state index in [9.17, 15) is 9.59 Å². The molecule has 2 amide bonds. The van der Waals surface area contributed by atoms with E-state index in [1.165, 1.54) is 0 Å². The van der Waals surface area contributed by atoms with E-state index in [0.717, 1.165) is 16.8 Å². The summed E-state index contributed by atoms with van der Waals surface area (Å²) < 4.78 is 1.80. The number of carbonyl (C=O) groups is 2. The summed E-state index contributed by atoms with van der Waals surface area (Å²) >= 11 is 0. The van der Waals surface area contributed by atoms with Gasteiger partial charge in [-0.2, -0.15) is 5.26 Å². The van der Waals surface area contributed by atoms with Crippen LogP contribution in [0.2, 0.25) is 0 Å². The van der Waals surface area contributed by atoms with E-state index in [1.54, 1.807) is 29.4 Å². The van der Waals surface area contributed by atoms with Gasteiger partial charge in [-0.15, -0.1) is 0 Å². The van der Waals surface area contributed by atoms with Crippen molar-refractivity contribution in [3.05, 3.63) is 89.6 Å². The standard InChI is InChI=1S/C23H17N5O2/c24-9-7-16-1-4-18(5-2-16)26-14-21-20-13-17(8-11-28-12-10-25-15-28)3-6-19(20)22(29)27-23(21)30/h1-6,8,10-15,26H,7H2,(H,27,29,30). The lowest BCUT2D eigenvalue weighted by Gasteiger charge is -2.19. The minimum absolute atomic E-state index is 0.342. The van der Waals surface area contributed by atoms with Gasteiger partial charge in [0.05, 0.1) is 24.4 Å². The van der Waals surface area contributed by atoms with E-state index >= 15 is 0 Å². The molecule has 0 spiro atoms. The van der Waals surface area contributed by atoms with Crippen LogP contribution in [-0.2, 0) is 11.2 Å². The minimum Gasteiger partial charge on any atom is -0.361 e. The number of anilines is 1. The molecule has 3 aromatic rings. The SMILES string of the molecule is N#CCc1ccc(NC=C2C(=O)NC(=O)c3ccc(C=Cn4ccnc4)cc32)cc1. The highest BCUT2D eigenvalue weighted by molar-refractivity contribution is 6.31. The van der Waals surface area contributed by atoms with Gasteiger partial charge in [-0.3, -0.25) is 14.9 Å². The maximum Gasteiger partial charge on any atom is 0.260 e. The van der Waals surface area contributed by atoms with Crippen molar-refractivity contribution in [1.29, 1.82) is 5.26 Å². The average Bonchev–Trinajstić information content (AvgIpc) is 3.27. The number of fused-ring (bicyclic) bond motifs is 1. The molecule has 0 saturated carbocycles. The third kappa shape index (κ3) is 4.03. The van der Waals surface area contributed by atoms with Crippen LogP contribution in [-0.4, -0.2) is 21.4 Å². The van der Waals surface area contributed by atoms with Crippen LogP contribution in [0.5, 0.6) is 0 Å². The summed E-state index contributed by atoms with van der Waals surface area (Å²) in [6.45, 7) is 0. The molecule has 1 aliphatic heterocycles. The quantitative estimate of drug-likeness (QED) is 0.510. The van der Waals surface area contributed by atoms with Gasteiger partial charge in [0, 0.05) is 41.6 Å². The number of hydrogen-bond donors (Lipinski definition) is 2. The third-order valence-corrected chi connectivity index (χ3v) is 4.63. The van der Waals surface area contributed by atoms with Gasteiger partial charge < -0.3 is 9.88 Å². The Morgan fingerprint density at radius 1 is 1.10 bits per heavy atom. The number of benzene rings is 2. The third-order valence-electron chi connectivity index (χ3n) is 4.63. The predicted molar refractivity (Wildman–Crippen MR) is 114 cm³/mol. The summed E-state index contributed by atoms with van der Waals surface area (Å²) in [7, 11) is 0. The number of nitrogens with zero attached hydrogens (tertiary/aromatic N) is 3. The van der Waals surface area contributed by atoms with Crippen molar-refractivity contribution in [3.63, 3.8) is 0 Å². The molecule has 0 aliphatic carbocycles. The molecular weight excluding hydrogens is 378 g/mol. The van der Waals surface area contributed by atoms with Crippen LogP contribution in [0.15, 0.2) is 67.4 Å². The van der Waals surface area contributed by atoms with Crippen molar-refractivity contribution in [2.24, 2.45) is 0 Å². The van der Waals surface area contributed by atoms with E-state index < -0.39 is 11.8 Å². The number of rotatable bonds is 5. The summed E-state index contributed by atoms with van der Waals surface area (Å²) in [5.41, 5.74) is 3.89. The van der Waals surface area contributed by atoms with Crippen LogP contribution in [0.4, 0.5) is 5.69 Å². The number of nitrogens with one attached hydrogen (secondary N) is 2. The first-order chi connectivity index (χ1) is 14.6. The van der Waals surface area contributed by atoms with Crippen molar-refractivity contribution in [3.8, 4) is 6.07 Å². The highest BCUT2D eigenvalue weighted by Gasteiger charge is 2.27. The second-order valence-corrected chi connectivity index (χ2v) is 6.65. The monoisotopic (exact) mass is 395 g/mol. The molecule has 30 heavy (non-hydrogen) atoms. The lowest BCUT2D eigenvalue weighted by Crippen LogP contribution is -2.36. The molecule has 0 unspecified atom stereocenters. The molecule has 1 aliphatic rings. The summed E-state index contributed by atoms with van der Waals surface area (Å²) in [6.07, 6.45) is 10.8. The molecule has 4 rings (SSSR count).